The molecule has 5 aromatic rings. The van der Waals surface area contributed by atoms with Crippen LogP contribution in [0.25, 0.3) is 0 Å². The summed E-state index contributed by atoms with van der Waals surface area (Å²) >= 11 is 0. The van der Waals surface area contributed by atoms with Crippen molar-refractivity contribution >= 4 is 24.0 Å². The summed E-state index contributed by atoms with van der Waals surface area (Å²) in [6.07, 6.45) is 8.86. The molecule has 1 unspecified atom stereocenters. The van der Waals surface area contributed by atoms with E-state index in [0.29, 0.717) is 0 Å². The zero-order valence-electron chi connectivity index (χ0n) is 23.2. The van der Waals surface area contributed by atoms with E-state index >= 15 is 0 Å². The van der Waals surface area contributed by atoms with Crippen LogP contribution in [-0.2, 0) is 16.8 Å². The minimum absolute atomic E-state index is 0. The Morgan fingerprint density at radius 1 is 0.732 bits per heavy atom. The maximum absolute atomic E-state index is 13.3. The lowest BCUT2D eigenvalue weighted by Gasteiger charge is -2.37. The maximum Gasteiger partial charge on any atom is 0.230 e. The van der Waals surface area contributed by atoms with Crippen LogP contribution in [-0.4, -0.2) is 22.0 Å². The number of hydrogen-bond acceptors (Lipinski definition) is 2. The van der Waals surface area contributed by atoms with E-state index in [0.717, 1.165) is 50.0 Å². The first-order valence-corrected chi connectivity index (χ1v) is 14.3. The number of halogens is 1. The van der Waals surface area contributed by atoms with E-state index in [1.54, 1.807) is 0 Å². The van der Waals surface area contributed by atoms with Crippen LogP contribution >= 0.6 is 12.4 Å². The largest absolute Gasteiger partial charge is 0.319 e. The second-order valence-corrected chi connectivity index (χ2v) is 10.6. The second-order valence-electron chi connectivity index (χ2n) is 10.6. The highest BCUT2D eigenvalue weighted by Gasteiger charge is 2.38. The summed E-state index contributed by atoms with van der Waals surface area (Å²) in [5.74, 6) is 0.340. The molecule has 0 saturated carbocycles. The number of nitrogens with zero attached hydrogens (tertiary/aromatic N) is 3. The molecule has 4 nitrogen and oxygen atoms in total. The predicted molar refractivity (Wildman–Crippen MR) is 169 cm³/mol. The highest BCUT2D eigenvalue weighted by atomic mass is 35.5. The molecule has 0 aliphatic carbocycles. The van der Waals surface area contributed by atoms with Crippen LogP contribution in [0.2, 0.25) is 0 Å². The van der Waals surface area contributed by atoms with Crippen molar-refractivity contribution in [3.63, 3.8) is 0 Å². The van der Waals surface area contributed by atoms with Gasteiger partial charge in [-0.15, -0.1) is 12.4 Å². The summed E-state index contributed by atoms with van der Waals surface area (Å²) in [4.78, 5) is 20.1. The average Bonchev–Trinajstić information content (AvgIpc) is 3.49. The molecule has 0 radical (unpaired) electrons. The van der Waals surface area contributed by atoms with Gasteiger partial charge in [-0.2, -0.15) is 0 Å². The number of aryl methyl sites for hydroxylation is 1. The number of imidazole rings is 1. The molecule has 0 bridgehead atoms. The fourth-order valence-electron chi connectivity index (χ4n) is 6.27. The van der Waals surface area contributed by atoms with Crippen LogP contribution in [0.1, 0.15) is 48.1 Å². The number of hydrogen-bond donors (Lipinski definition) is 0. The quantitative estimate of drug-likeness (QED) is 0.171. The van der Waals surface area contributed by atoms with E-state index in [4.69, 9.17) is 4.98 Å². The second kappa shape index (κ2) is 13.0. The number of carbonyl (C=O) groups excluding carboxylic acids is 1. The van der Waals surface area contributed by atoms with Gasteiger partial charge in [0.25, 0.3) is 0 Å². The Bertz CT molecular complexity index is 1420. The Morgan fingerprint density at radius 2 is 1.24 bits per heavy atom. The Morgan fingerprint density at radius 3 is 1.78 bits per heavy atom. The third kappa shape index (κ3) is 5.71. The normalized spacial score (nSPS) is 15.4. The molecule has 0 spiro atoms. The summed E-state index contributed by atoms with van der Waals surface area (Å²) < 4.78 is 2.27. The average molecular weight is 562 g/mol. The standard InChI is InChI=1S/C36H35N3O.ClH/c40-35-29(16-14-26-39(35)34-24-11-4-12-25-34)15-13-23-33-27-38(28-37-33)36(30-17-5-1-6-18-30,31-19-7-2-8-20-31)32-21-9-3-10-22-32;/h1-12,17-22,24-25,27-29H,13-16,23,26H2;1H. The van der Waals surface area contributed by atoms with Crippen molar-refractivity contribution < 1.29 is 4.79 Å². The highest BCUT2D eigenvalue weighted by Crippen LogP contribution is 2.41. The fourth-order valence-corrected chi connectivity index (χ4v) is 6.27. The van der Waals surface area contributed by atoms with Gasteiger partial charge in [-0.05, 0) is 60.9 Å². The monoisotopic (exact) mass is 561 g/mol. The number of aromatic nitrogens is 2. The molecule has 2 heterocycles. The van der Waals surface area contributed by atoms with Crippen LogP contribution in [0.5, 0.6) is 0 Å². The first-order valence-electron chi connectivity index (χ1n) is 14.3. The molecule has 4 aromatic carbocycles. The number of rotatable bonds is 9. The molecule has 1 fully saturated rings. The van der Waals surface area contributed by atoms with Gasteiger partial charge >= 0.3 is 0 Å². The van der Waals surface area contributed by atoms with E-state index < -0.39 is 5.54 Å². The Labute approximate surface area is 249 Å². The lowest BCUT2D eigenvalue weighted by atomic mass is 9.77. The minimum Gasteiger partial charge on any atom is -0.319 e. The summed E-state index contributed by atoms with van der Waals surface area (Å²) in [5.41, 5.74) is 5.07. The van der Waals surface area contributed by atoms with Crippen molar-refractivity contribution in [3.05, 3.63) is 156 Å². The Balaban J connectivity index is 0.00000337. The fraction of sp³-hybridized carbons (Fsp3) is 0.222. The van der Waals surface area contributed by atoms with Crippen molar-refractivity contribution in [2.24, 2.45) is 5.92 Å². The van der Waals surface area contributed by atoms with Gasteiger partial charge in [0, 0.05) is 24.3 Å². The Kier molecular flexibility index (Phi) is 9.01. The van der Waals surface area contributed by atoms with Gasteiger partial charge in [-0.25, -0.2) is 4.98 Å². The van der Waals surface area contributed by atoms with Gasteiger partial charge in [0.05, 0.1) is 12.0 Å². The molecule has 1 aliphatic rings. The van der Waals surface area contributed by atoms with E-state index in [-0.39, 0.29) is 24.2 Å². The first kappa shape index (κ1) is 28.4. The topological polar surface area (TPSA) is 38.1 Å². The number of piperidine rings is 1. The summed E-state index contributed by atoms with van der Waals surface area (Å²) in [5, 5.41) is 0. The van der Waals surface area contributed by atoms with Crippen molar-refractivity contribution in [2.75, 3.05) is 11.4 Å². The summed E-state index contributed by atoms with van der Waals surface area (Å²) in [6, 6.07) is 42.1. The van der Waals surface area contributed by atoms with Gasteiger partial charge in [0.1, 0.15) is 5.54 Å². The molecule has 1 saturated heterocycles. The molecule has 6 rings (SSSR count). The number of carbonyl (C=O) groups is 1. The van der Waals surface area contributed by atoms with Crippen LogP contribution < -0.4 is 4.90 Å². The molecule has 1 aromatic heterocycles. The molecule has 0 N–H and O–H groups in total. The van der Waals surface area contributed by atoms with Crippen LogP contribution in [0.3, 0.4) is 0 Å². The maximum atomic E-state index is 13.3. The van der Waals surface area contributed by atoms with Crippen LogP contribution in [0, 0.1) is 5.92 Å². The van der Waals surface area contributed by atoms with Crippen molar-refractivity contribution in [3.8, 4) is 0 Å². The molecular weight excluding hydrogens is 526 g/mol. The molecule has 1 aliphatic heterocycles. The molecule has 1 atom stereocenters. The van der Waals surface area contributed by atoms with Crippen molar-refractivity contribution in [1.29, 1.82) is 0 Å². The van der Waals surface area contributed by atoms with E-state index in [1.807, 2.05) is 41.6 Å². The van der Waals surface area contributed by atoms with E-state index in [9.17, 15) is 4.79 Å². The number of benzene rings is 4. The number of para-hydroxylation sites is 1. The van der Waals surface area contributed by atoms with Gasteiger partial charge < -0.3 is 9.47 Å². The lowest BCUT2D eigenvalue weighted by molar-refractivity contribution is -0.124. The van der Waals surface area contributed by atoms with E-state index in [1.165, 1.54) is 16.7 Å². The zero-order chi connectivity index (χ0) is 27.2. The van der Waals surface area contributed by atoms with Crippen molar-refractivity contribution in [1.82, 2.24) is 9.55 Å². The smallest absolute Gasteiger partial charge is 0.230 e. The minimum atomic E-state index is -0.551. The molecule has 208 valence electrons. The third-order valence-corrected chi connectivity index (χ3v) is 8.20. The molecule has 41 heavy (non-hydrogen) atoms. The SMILES string of the molecule is Cl.O=C1C(CCCc2cn(C(c3ccccc3)(c3ccccc3)c3ccccc3)cn2)CCCN1c1ccccc1. The Hall–Kier alpha value is -4.15. The third-order valence-electron chi connectivity index (χ3n) is 8.20. The van der Waals surface area contributed by atoms with Gasteiger partial charge in [0.2, 0.25) is 5.91 Å². The molecular formula is C36H36ClN3O. The number of anilines is 1. The lowest BCUT2D eigenvalue weighted by Crippen LogP contribution is -2.41. The summed E-state index contributed by atoms with van der Waals surface area (Å²) in [6.45, 7) is 0.810. The van der Waals surface area contributed by atoms with Gasteiger partial charge in [-0.3, -0.25) is 4.79 Å². The van der Waals surface area contributed by atoms with Crippen molar-refractivity contribution in [2.45, 2.75) is 37.6 Å². The zero-order valence-corrected chi connectivity index (χ0v) is 24.0. The molecule has 1 amide bonds. The number of amides is 1. The summed E-state index contributed by atoms with van der Waals surface area (Å²) in [7, 11) is 0. The molecule has 5 heteroatoms. The van der Waals surface area contributed by atoms with Gasteiger partial charge in [-0.1, -0.05) is 109 Å². The highest BCUT2D eigenvalue weighted by molar-refractivity contribution is 5.95. The van der Waals surface area contributed by atoms with Crippen LogP contribution in [0.15, 0.2) is 134 Å². The first-order chi connectivity index (χ1) is 19.8. The predicted octanol–water partition coefficient (Wildman–Crippen LogP) is 7.91. The van der Waals surface area contributed by atoms with Crippen LogP contribution in [0.4, 0.5) is 5.69 Å². The van der Waals surface area contributed by atoms with Gasteiger partial charge in [0.15, 0.2) is 0 Å². The van der Waals surface area contributed by atoms with E-state index in [2.05, 4.69) is 102 Å².